The molecule has 2 aromatic rings. The standard InChI is InChI=1S/C12H13BrClN3O2S/c1-17-7-5-9(16-17)4-6-15-20(18,19)10-2-3-12(14)11(13)8-10/h2-3,5,7-8,15H,4,6H2,1H3. The summed E-state index contributed by atoms with van der Waals surface area (Å²) >= 11 is 9.05. The van der Waals surface area contributed by atoms with Crippen LogP contribution in [0, 0.1) is 0 Å². The Labute approximate surface area is 131 Å². The van der Waals surface area contributed by atoms with Crippen molar-refractivity contribution in [3.8, 4) is 0 Å². The average Bonchev–Trinajstić information content (AvgIpc) is 2.78. The highest BCUT2D eigenvalue weighted by Crippen LogP contribution is 2.25. The number of hydrogen-bond donors (Lipinski definition) is 1. The van der Waals surface area contributed by atoms with Crippen molar-refractivity contribution in [1.82, 2.24) is 14.5 Å². The van der Waals surface area contributed by atoms with Crippen LogP contribution < -0.4 is 4.72 Å². The molecule has 1 N–H and O–H groups in total. The molecule has 0 aliphatic heterocycles. The van der Waals surface area contributed by atoms with Crippen LogP contribution in [0.15, 0.2) is 39.8 Å². The highest BCUT2D eigenvalue weighted by atomic mass is 79.9. The molecular weight excluding hydrogens is 366 g/mol. The summed E-state index contributed by atoms with van der Waals surface area (Å²) in [6.45, 7) is 0.291. The zero-order valence-electron chi connectivity index (χ0n) is 10.7. The summed E-state index contributed by atoms with van der Waals surface area (Å²) in [5.41, 5.74) is 0.840. The van der Waals surface area contributed by atoms with Crippen molar-refractivity contribution in [3.05, 3.63) is 45.7 Å². The number of aryl methyl sites for hydroxylation is 1. The summed E-state index contributed by atoms with van der Waals surface area (Å²) in [6, 6.07) is 6.34. The fourth-order valence-corrected chi connectivity index (χ4v) is 3.34. The van der Waals surface area contributed by atoms with Crippen molar-refractivity contribution >= 4 is 37.6 Å². The highest BCUT2D eigenvalue weighted by Gasteiger charge is 2.14. The van der Waals surface area contributed by atoms with E-state index in [1.165, 1.54) is 12.1 Å². The molecule has 1 aromatic heterocycles. The molecule has 2 rings (SSSR count). The largest absolute Gasteiger partial charge is 0.276 e. The van der Waals surface area contributed by atoms with Crippen molar-refractivity contribution in [1.29, 1.82) is 0 Å². The average molecular weight is 379 g/mol. The van der Waals surface area contributed by atoms with Gasteiger partial charge in [0.25, 0.3) is 0 Å². The lowest BCUT2D eigenvalue weighted by Gasteiger charge is -2.07. The first-order chi connectivity index (χ1) is 9.38. The number of benzene rings is 1. The first-order valence-electron chi connectivity index (χ1n) is 5.82. The van der Waals surface area contributed by atoms with E-state index in [1.807, 2.05) is 19.3 Å². The summed E-state index contributed by atoms with van der Waals surface area (Å²) < 4.78 is 28.9. The Morgan fingerprint density at radius 1 is 1.40 bits per heavy atom. The van der Waals surface area contributed by atoms with Gasteiger partial charge in [0.05, 0.1) is 15.6 Å². The van der Waals surface area contributed by atoms with Crippen LogP contribution in [-0.2, 0) is 23.5 Å². The number of nitrogens with zero attached hydrogens (tertiary/aromatic N) is 2. The third-order valence-electron chi connectivity index (χ3n) is 2.64. The van der Waals surface area contributed by atoms with Crippen LogP contribution in [0.2, 0.25) is 5.02 Å². The van der Waals surface area contributed by atoms with E-state index in [9.17, 15) is 8.42 Å². The number of hydrogen-bond acceptors (Lipinski definition) is 3. The van der Waals surface area contributed by atoms with E-state index in [-0.39, 0.29) is 4.90 Å². The van der Waals surface area contributed by atoms with Crippen LogP contribution >= 0.6 is 27.5 Å². The van der Waals surface area contributed by atoms with Crippen LogP contribution in [0.5, 0.6) is 0 Å². The molecule has 0 saturated carbocycles. The summed E-state index contributed by atoms with van der Waals surface area (Å²) in [5, 5.41) is 4.66. The molecule has 0 aliphatic carbocycles. The minimum absolute atomic E-state index is 0.176. The lowest BCUT2D eigenvalue weighted by Crippen LogP contribution is -2.26. The van der Waals surface area contributed by atoms with Gasteiger partial charge in [-0.05, 0) is 40.2 Å². The van der Waals surface area contributed by atoms with Gasteiger partial charge in [-0.25, -0.2) is 13.1 Å². The summed E-state index contributed by atoms with van der Waals surface area (Å²) in [6.07, 6.45) is 2.36. The van der Waals surface area contributed by atoms with E-state index < -0.39 is 10.0 Å². The van der Waals surface area contributed by atoms with E-state index in [0.29, 0.717) is 22.5 Å². The minimum Gasteiger partial charge on any atom is -0.276 e. The Balaban J connectivity index is 2.02. The third kappa shape index (κ3) is 3.82. The molecule has 1 aromatic carbocycles. The second kappa shape index (κ2) is 6.26. The lowest BCUT2D eigenvalue weighted by atomic mass is 10.3. The predicted molar refractivity (Wildman–Crippen MR) is 81.3 cm³/mol. The van der Waals surface area contributed by atoms with E-state index in [1.54, 1.807) is 10.7 Å². The van der Waals surface area contributed by atoms with Gasteiger partial charge in [0.2, 0.25) is 10.0 Å². The zero-order chi connectivity index (χ0) is 14.8. The van der Waals surface area contributed by atoms with Gasteiger partial charge in [0, 0.05) is 30.7 Å². The number of sulfonamides is 1. The number of rotatable bonds is 5. The smallest absolute Gasteiger partial charge is 0.240 e. The number of halogens is 2. The molecule has 0 aliphatic rings. The molecule has 0 radical (unpaired) electrons. The molecule has 108 valence electrons. The zero-order valence-corrected chi connectivity index (χ0v) is 13.8. The maximum Gasteiger partial charge on any atom is 0.240 e. The molecule has 0 unspecified atom stereocenters. The predicted octanol–water partition coefficient (Wildman–Crippen LogP) is 2.36. The third-order valence-corrected chi connectivity index (χ3v) is 5.32. The molecule has 0 spiro atoms. The van der Waals surface area contributed by atoms with Crippen LogP contribution in [0.1, 0.15) is 5.69 Å². The van der Waals surface area contributed by atoms with Crippen LogP contribution in [0.4, 0.5) is 0 Å². The van der Waals surface area contributed by atoms with Crippen molar-refractivity contribution in [3.63, 3.8) is 0 Å². The van der Waals surface area contributed by atoms with E-state index in [2.05, 4.69) is 25.8 Å². The second-order valence-electron chi connectivity index (χ2n) is 4.20. The summed E-state index contributed by atoms with van der Waals surface area (Å²) in [4.78, 5) is 0.176. The summed E-state index contributed by atoms with van der Waals surface area (Å²) in [7, 11) is -1.72. The first kappa shape index (κ1) is 15.5. The molecule has 0 bridgehead atoms. The van der Waals surface area contributed by atoms with Crippen LogP contribution in [0.3, 0.4) is 0 Å². The van der Waals surface area contributed by atoms with Gasteiger partial charge < -0.3 is 0 Å². The van der Waals surface area contributed by atoms with Gasteiger partial charge in [-0.2, -0.15) is 5.10 Å². The highest BCUT2D eigenvalue weighted by molar-refractivity contribution is 9.10. The monoisotopic (exact) mass is 377 g/mol. The maximum atomic E-state index is 12.1. The minimum atomic E-state index is -3.54. The van der Waals surface area contributed by atoms with Crippen molar-refractivity contribution in [2.45, 2.75) is 11.3 Å². The Morgan fingerprint density at radius 2 is 2.15 bits per heavy atom. The van der Waals surface area contributed by atoms with Crippen molar-refractivity contribution in [2.24, 2.45) is 7.05 Å². The van der Waals surface area contributed by atoms with Crippen molar-refractivity contribution < 1.29 is 8.42 Å². The van der Waals surface area contributed by atoms with Gasteiger partial charge >= 0.3 is 0 Å². The van der Waals surface area contributed by atoms with E-state index in [0.717, 1.165) is 5.69 Å². The van der Waals surface area contributed by atoms with Crippen LogP contribution in [-0.4, -0.2) is 24.7 Å². The molecule has 0 amide bonds. The molecule has 20 heavy (non-hydrogen) atoms. The van der Waals surface area contributed by atoms with Gasteiger partial charge in [-0.15, -0.1) is 0 Å². The Kier molecular flexibility index (Phi) is 4.85. The molecule has 1 heterocycles. The van der Waals surface area contributed by atoms with E-state index >= 15 is 0 Å². The first-order valence-corrected chi connectivity index (χ1v) is 8.47. The van der Waals surface area contributed by atoms with E-state index in [4.69, 9.17) is 11.6 Å². The fourth-order valence-electron chi connectivity index (χ4n) is 1.64. The van der Waals surface area contributed by atoms with Gasteiger partial charge in [-0.3, -0.25) is 4.68 Å². The quantitative estimate of drug-likeness (QED) is 0.868. The maximum absolute atomic E-state index is 12.1. The van der Waals surface area contributed by atoms with Gasteiger partial charge in [-0.1, -0.05) is 11.6 Å². The molecular formula is C12H13BrClN3O2S. The van der Waals surface area contributed by atoms with Crippen LogP contribution in [0.25, 0.3) is 0 Å². The van der Waals surface area contributed by atoms with Gasteiger partial charge in [0.15, 0.2) is 0 Å². The van der Waals surface area contributed by atoms with Crippen molar-refractivity contribution in [2.75, 3.05) is 6.54 Å². The lowest BCUT2D eigenvalue weighted by molar-refractivity contribution is 0.581. The molecule has 0 saturated heterocycles. The summed E-state index contributed by atoms with van der Waals surface area (Å²) in [5.74, 6) is 0. The molecule has 8 heteroatoms. The van der Waals surface area contributed by atoms with Gasteiger partial charge in [0.1, 0.15) is 0 Å². The Hall–Kier alpha value is -0.890. The Bertz CT molecular complexity index is 715. The molecule has 0 fully saturated rings. The SMILES string of the molecule is Cn1ccc(CCNS(=O)(=O)c2ccc(Cl)c(Br)c2)n1. The second-order valence-corrected chi connectivity index (χ2v) is 7.23. The topological polar surface area (TPSA) is 64.0 Å². The number of nitrogens with one attached hydrogen (secondary N) is 1. The molecule has 5 nitrogen and oxygen atoms in total. The Morgan fingerprint density at radius 3 is 2.75 bits per heavy atom. The fraction of sp³-hybridized carbons (Fsp3) is 0.250. The number of aromatic nitrogens is 2. The normalized spacial score (nSPS) is 11.8. The molecule has 0 atom stereocenters.